The van der Waals surface area contributed by atoms with E-state index in [4.69, 9.17) is 9.72 Å². The fourth-order valence-electron chi connectivity index (χ4n) is 3.44. The Morgan fingerprint density at radius 3 is 2.72 bits per heavy atom. The molecule has 1 aliphatic rings. The summed E-state index contributed by atoms with van der Waals surface area (Å²) >= 11 is 0. The molecular formula is C20H24N6O3. The van der Waals surface area contributed by atoms with Gasteiger partial charge in [0.05, 0.1) is 20.0 Å². The van der Waals surface area contributed by atoms with Crippen LogP contribution in [0.1, 0.15) is 12.8 Å². The third-order valence-electron chi connectivity index (χ3n) is 5.00. The summed E-state index contributed by atoms with van der Waals surface area (Å²) in [6, 6.07) is 7.53. The Balaban J connectivity index is 1.68. The van der Waals surface area contributed by atoms with Gasteiger partial charge in [0.15, 0.2) is 17.3 Å². The second-order valence-electron chi connectivity index (χ2n) is 6.87. The molecule has 0 atom stereocenters. The van der Waals surface area contributed by atoms with Crippen molar-refractivity contribution in [1.82, 2.24) is 24.4 Å². The van der Waals surface area contributed by atoms with E-state index in [-0.39, 0.29) is 12.5 Å². The molecule has 1 fully saturated rings. The van der Waals surface area contributed by atoms with Crippen LogP contribution in [0.3, 0.4) is 0 Å². The standard InChI is InChI=1S/C20H24N6O3/c1-29-15-6-4-14(5-7-15)18-23-19(21-8-12-27)17-20(24-18)26(13-22-17)11-10-25-9-2-3-16(25)28/h4-7,13,27H,2-3,8-12H2,1H3,(H,21,23,24). The first kappa shape index (κ1) is 19.1. The number of carbonyl (C=O) groups is 1. The number of nitrogens with one attached hydrogen (secondary N) is 1. The molecule has 9 heteroatoms. The van der Waals surface area contributed by atoms with E-state index in [0.29, 0.717) is 48.9 Å². The number of ether oxygens (including phenoxy) is 1. The van der Waals surface area contributed by atoms with Gasteiger partial charge in [0.25, 0.3) is 0 Å². The zero-order valence-electron chi connectivity index (χ0n) is 16.3. The number of aliphatic hydroxyl groups excluding tert-OH is 1. The molecule has 0 unspecified atom stereocenters. The molecule has 3 aromatic rings. The van der Waals surface area contributed by atoms with Crippen molar-refractivity contribution in [1.29, 1.82) is 0 Å². The highest BCUT2D eigenvalue weighted by molar-refractivity contribution is 5.85. The number of hydrogen-bond donors (Lipinski definition) is 2. The number of benzene rings is 1. The van der Waals surface area contributed by atoms with Gasteiger partial charge >= 0.3 is 0 Å². The number of nitrogens with zero attached hydrogens (tertiary/aromatic N) is 5. The van der Waals surface area contributed by atoms with Crippen molar-refractivity contribution in [2.24, 2.45) is 0 Å². The third-order valence-corrected chi connectivity index (χ3v) is 5.00. The lowest BCUT2D eigenvalue weighted by Gasteiger charge is -2.16. The Morgan fingerprint density at radius 1 is 1.21 bits per heavy atom. The topological polar surface area (TPSA) is 105 Å². The van der Waals surface area contributed by atoms with E-state index in [0.717, 1.165) is 24.3 Å². The minimum absolute atomic E-state index is 0.0128. The lowest BCUT2D eigenvalue weighted by Crippen LogP contribution is -2.28. The largest absolute Gasteiger partial charge is 0.497 e. The number of rotatable bonds is 8. The van der Waals surface area contributed by atoms with Crippen molar-refractivity contribution in [3.05, 3.63) is 30.6 Å². The van der Waals surface area contributed by atoms with Crippen LogP contribution in [0, 0.1) is 0 Å². The predicted octanol–water partition coefficient (Wildman–Crippen LogP) is 1.53. The molecule has 1 aromatic carbocycles. The molecule has 1 aliphatic heterocycles. The maximum absolute atomic E-state index is 11.9. The number of anilines is 1. The summed E-state index contributed by atoms with van der Waals surface area (Å²) in [6.45, 7) is 2.40. The number of amides is 1. The normalized spacial score (nSPS) is 14.0. The van der Waals surface area contributed by atoms with Crippen LogP contribution >= 0.6 is 0 Å². The van der Waals surface area contributed by atoms with Gasteiger partial charge in [0.2, 0.25) is 5.91 Å². The van der Waals surface area contributed by atoms with Crippen molar-refractivity contribution in [2.75, 3.05) is 38.7 Å². The van der Waals surface area contributed by atoms with Crippen LogP contribution in [-0.4, -0.2) is 68.8 Å². The maximum atomic E-state index is 11.9. The molecule has 2 N–H and O–H groups in total. The van der Waals surface area contributed by atoms with Crippen LogP contribution in [0.15, 0.2) is 30.6 Å². The SMILES string of the molecule is COc1ccc(-c2nc(NCCO)c3ncn(CCN4CCCC4=O)c3n2)cc1. The van der Waals surface area contributed by atoms with Gasteiger partial charge in [-0.2, -0.15) is 0 Å². The smallest absolute Gasteiger partial charge is 0.222 e. The summed E-state index contributed by atoms with van der Waals surface area (Å²) in [7, 11) is 1.62. The van der Waals surface area contributed by atoms with Gasteiger partial charge in [-0.3, -0.25) is 4.79 Å². The second kappa shape index (κ2) is 8.44. The van der Waals surface area contributed by atoms with Crippen molar-refractivity contribution >= 4 is 22.9 Å². The Bertz CT molecular complexity index is 1000. The molecule has 9 nitrogen and oxygen atoms in total. The number of methoxy groups -OCH3 is 1. The summed E-state index contributed by atoms with van der Waals surface area (Å²) in [4.78, 5) is 27.6. The highest BCUT2D eigenvalue weighted by Gasteiger charge is 2.20. The van der Waals surface area contributed by atoms with Gasteiger partial charge in [-0.25, -0.2) is 15.0 Å². The van der Waals surface area contributed by atoms with Gasteiger partial charge in [0, 0.05) is 38.2 Å². The molecule has 2 aromatic heterocycles. The number of fused-ring (bicyclic) bond motifs is 1. The molecule has 3 heterocycles. The van der Waals surface area contributed by atoms with Crippen molar-refractivity contribution in [3.63, 3.8) is 0 Å². The van der Waals surface area contributed by atoms with Crippen LogP contribution in [-0.2, 0) is 11.3 Å². The molecule has 29 heavy (non-hydrogen) atoms. The van der Waals surface area contributed by atoms with Crippen molar-refractivity contribution in [3.8, 4) is 17.1 Å². The zero-order valence-corrected chi connectivity index (χ0v) is 16.3. The Hall–Kier alpha value is -3.20. The molecule has 0 radical (unpaired) electrons. The van der Waals surface area contributed by atoms with Crippen LogP contribution in [0.25, 0.3) is 22.6 Å². The Labute approximate surface area is 168 Å². The zero-order chi connectivity index (χ0) is 20.2. The van der Waals surface area contributed by atoms with E-state index in [9.17, 15) is 9.90 Å². The maximum Gasteiger partial charge on any atom is 0.222 e. The van der Waals surface area contributed by atoms with Crippen molar-refractivity contribution in [2.45, 2.75) is 19.4 Å². The lowest BCUT2D eigenvalue weighted by atomic mass is 10.2. The Morgan fingerprint density at radius 2 is 2.03 bits per heavy atom. The molecule has 4 rings (SSSR count). The molecule has 1 saturated heterocycles. The van der Waals surface area contributed by atoms with Crippen LogP contribution in [0.2, 0.25) is 0 Å². The van der Waals surface area contributed by atoms with Gasteiger partial charge in [-0.1, -0.05) is 0 Å². The Kier molecular flexibility index (Phi) is 5.57. The minimum atomic E-state index is -0.0128. The number of aromatic nitrogens is 4. The number of likely N-dealkylation sites (tertiary alicyclic amines) is 1. The number of carbonyl (C=O) groups excluding carboxylic acids is 1. The van der Waals surface area contributed by atoms with E-state index in [1.165, 1.54) is 0 Å². The second-order valence-corrected chi connectivity index (χ2v) is 6.87. The molecule has 0 bridgehead atoms. The molecule has 0 aliphatic carbocycles. The van der Waals surface area contributed by atoms with Gasteiger partial charge in [0.1, 0.15) is 11.3 Å². The fraction of sp³-hybridized carbons (Fsp3) is 0.400. The first-order valence-electron chi connectivity index (χ1n) is 9.69. The first-order chi connectivity index (χ1) is 14.2. The molecule has 0 spiro atoms. The molecular weight excluding hydrogens is 372 g/mol. The summed E-state index contributed by atoms with van der Waals surface area (Å²) < 4.78 is 7.17. The molecule has 0 saturated carbocycles. The number of imidazole rings is 1. The summed E-state index contributed by atoms with van der Waals surface area (Å²) in [5.74, 6) is 2.09. The first-order valence-corrected chi connectivity index (χ1v) is 9.69. The molecule has 152 valence electrons. The van der Waals surface area contributed by atoms with E-state index >= 15 is 0 Å². The minimum Gasteiger partial charge on any atom is -0.497 e. The van der Waals surface area contributed by atoms with Crippen LogP contribution < -0.4 is 10.1 Å². The summed E-state index contributed by atoms with van der Waals surface area (Å²) in [5.41, 5.74) is 2.18. The number of aliphatic hydroxyl groups is 1. The monoisotopic (exact) mass is 396 g/mol. The van der Waals surface area contributed by atoms with Crippen molar-refractivity contribution < 1.29 is 14.6 Å². The third kappa shape index (κ3) is 4.00. The van der Waals surface area contributed by atoms with Crippen LogP contribution in [0.5, 0.6) is 5.75 Å². The van der Waals surface area contributed by atoms with E-state index in [1.807, 2.05) is 33.7 Å². The molecule has 1 amide bonds. The lowest BCUT2D eigenvalue weighted by molar-refractivity contribution is -0.127. The quantitative estimate of drug-likeness (QED) is 0.595. The predicted molar refractivity (Wildman–Crippen MR) is 109 cm³/mol. The highest BCUT2D eigenvalue weighted by atomic mass is 16.5. The average Bonchev–Trinajstić information content (AvgIpc) is 3.36. The van der Waals surface area contributed by atoms with Gasteiger partial charge in [-0.05, 0) is 30.7 Å². The fourth-order valence-corrected chi connectivity index (χ4v) is 3.44. The van der Waals surface area contributed by atoms with E-state index in [1.54, 1.807) is 13.4 Å². The van der Waals surface area contributed by atoms with E-state index in [2.05, 4.69) is 15.3 Å². The van der Waals surface area contributed by atoms with Gasteiger partial charge < -0.3 is 24.6 Å². The van der Waals surface area contributed by atoms with E-state index < -0.39 is 0 Å². The summed E-state index contributed by atoms with van der Waals surface area (Å²) in [6.07, 6.45) is 3.27. The average molecular weight is 396 g/mol. The summed E-state index contributed by atoms with van der Waals surface area (Å²) in [5, 5.41) is 12.3. The highest BCUT2D eigenvalue weighted by Crippen LogP contribution is 2.25. The van der Waals surface area contributed by atoms with Gasteiger partial charge in [-0.15, -0.1) is 0 Å². The number of hydrogen-bond acceptors (Lipinski definition) is 7. The van der Waals surface area contributed by atoms with Crippen LogP contribution in [0.4, 0.5) is 5.82 Å².